The molecule has 1 radical (unpaired) electrons. The fourth-order valence-electron chi connectivity index (χ4n) is 2.65. The Morgan fingerprint density at radius 2 is 1.55 bits per heavy atom. The smallest absolute Gasteiger partial charge is 0.0652 e. The molecule has 0 aliphatic carbocycles. The summed E-state index contributed by atoms with van der Waals surface area (Å²) in [6.45, 7) is 3.16. The van der Waals surface area contributed by atoms with E-state index in [0.29, 0.717) is 0 Å². The van der Waals surface area contributed by atoms with Crippen LogP contribution in [-0.4, -0.2) is 6.54 Å². The molecule has 1 heteroatoms. The van der Waals surface area contributed by atoms with Gasteiger partial charge in [-0.05, 0) is 40.8 Å². The Morgan fingerprint density at radius 3 is 2.35 bits per heavy atom. The van der Waals surface area contributed by atoms with Gasteiger partial charge in [-0.25, -0.2) is 0 Å². The minimum Gasteiger partial charge on any atom is -0.285 e. The van der Waals surface area contributed by atoms with Crippen LogP contribution in [0.15, 0.2) is 54.6 Å². The molecule has 0 aliphatic rings. The second kappa shape index (κ2) is 5.96. The van der Waals surface area contributed by atoms with Gasteiger partial charge in [0.05, 0.1) is 5.69 Å². The normalized spacial score (nSPS) is 11.1. The van der Waals surface area contributed by atoms with Crippen LogP contribution in [-0.2, 0) is 0 Å². The summed E-state index contributed by atoms with van der Waals surface area (Å²) in [6, 6.07) is 19.5. The van der Waals surface area contributed by atoms with Crippen molar-refractivity contribution in [1.29, 1.82) is 0 Å². The van der Waals surface area contributed by atoms with Gasteiger partial charge in [-0.2, -0.15) is 0 Å². The summed E-state index contributed by atoms with van der Waals surface area (Å²) in [5.74, 6) is 0. The van der Waals surface area contributed by atoms with Crippen molar-refractivity contribution in [1.82, 2.24) is 5.32 Å². The minimum absolute atomic E-state index is 0.930. The number of hydrogen-bond donors (Lipinski definition) is 0. The van der Waals surface area contributed by atoms with E-state index in [1.807, 2.05) is 0 Å². The largest absolute Gasteiger partial charge is 0.285 e. The molecule has 0 unspecified atom stereocenters. The molecule has 101 valence electrons. The molecule has 0 fully saturated rings. The van der Waals surface area contributed by atoms with Gasteiger partial charge in [-0.1, -0.05) is 56.2 Å². The van der Waals surface area contributed by atoms with E-state index in [1.165, 1.54) is 40.8 Å². The predicted molar refractivity (Wildman–Crippen MR) is 87.6 cm³/mol. The Balaban J connectivity index is 1.97. The van der Waals surface area contributed by atoms with Crippen molar-refractivity contribution < 1.29 is 0 Å². The zero-order valence-corrected chi connectivity index (χ0v) is 12.0. The standard InChI is InChI=1S/C19H20N/c1-2-3-6-12-20-19-11-7-10-17-13-15-8-4-5-9-16(15)14-18(17)19/h4-5,7-11,13-14H,2-3,6,12H2,1H3. The summed E-state index contributed by atoms with van der Waals surface area (Å²) in [4.78, 5) is 0. The van der Waals surface area contributed by atoms with Crippen LogP contribution < -0.4 is 5.32 Å². The zero-order chi connectivity index (χ0) is 13.8. The van der Waals surface area contributed by atoms with E-state index in [2.05, 4.69) is 61.5 Å². The maximum Gasteiger partial charge on any atom is 0.0652 e. The maximum atomic E-state index is 4.78. The highest BCUT2D eigenvalue weighted by molar-refractivity contribution is 6.02. The summed E-state index contributed by atoms with van der Waals surface area (Å²) in [5, 5.41) is 9.91. The van der Waals surface area contributed by atoms with Gasteiger partial charge in [0.2, 0.25) is 0 Å². The van der Waals surface area contributed by atoms with E-state index < -0.39 is 0 Å². The highest BCUT2D eigenvalue weighted by atomic mass is 14.9. The van der Waals surface area contributed by atoms with Crippen molar-refractivity contribution >= 4 is 27.2 Å². The number of benzene rings is 3. The molecular formula is C19H20N. The van der Waals surface area contributed by atoms with Crippen LogP contribution in [0.1, 0.15) is 26.2 Å². The van der Waals surface area contributed by atoms with E-state index >= 15 is 0 Å². The molecule has 0 saturated carbocycles. The Labute approximate surface area is 120 Å². The monoisotopic (exact) mass is 262 g/mol. The summed E-state index contributed by atoms with van der Waals surface area (Å²) in [7, 11) is 0. The van der Waals surface area contributed by atoms with Crippen LogP contribution in [0.3, 0.4) is 0 Å². The van der Waals surface area contributed by atoms with Gasteiger partial charge in [0, 0.05) is 11.9 Å². The lowest BCUT2D eigenvalue weighted by Gasteiger charge is -2.08. The van der Waals surface area contributed by atoms with Crippen molar-refractivity contribution in [2.24, 2.45) is 0 Å². The average molecular weight is 262 g/mol. The minimum atomic E-state index is 0.930. The van der Waals surface area contributed by atoms with E-state index in [-0.39, 0.29) is 0 Å². The molecule has 3 aromatic carbocycles. The lowest BCUT2D eigenvalue weighted by molar-refractivity contribution is 0.682. The number of hydrogen-bond acceptors (Lipinski definition) is 0. The fraction of sp³-hybridized carbons (Fsp3) is 0.263. The number of nitrogens with zero attached hydrogens (tertiary/aromatic N) is 1. The SMILES string of the molecule is CCCCC[N]c1cccc2cc3ccccc3cc12. The van der Waals surface area contributed by atoms with Gasteiger partial charge < -0.3 is 0 Å². The van der Waals surface area contributed by atoms with Crippen LogP contribution in [0.25, 0.3) is 21.5 Å². The molecule has 0 N–H and O–H groups in total. The van der Waals surface area contributed by atoms with Gasteiger partial charge in [-0.3, -0.25) is 5.32 Å². The topological polar surface area (TPSA) is 14.1 Å². The molecule has 3 rings (SSSR count). The first-order valence-corrected chi connectivity index (χ1v) is 7.47. The molecule has 0 amide bonds. The van der Waals surface area contributed by atoms with Crippen molar-refractivity contribution in [2.45, 2.75) is 26.2 Å². The summed E-state index contributed by atoms with van der Waals surface area (Å²) in [5.41, 5.74) is 1.13. The van der Waals surface area contributed by atoms with Crippen LogP contribution in [0.5, 0.6) is 0 Å². The molecule has 20 heavy (non-hydrogen) atoms. The molecule has 0 spiro atoms. The van der Waals surface area contributed by atoms with E-state index in [9.17, 15) is 0 Å². The molecule has 0 atom stereocenters. The molecule has 0 aliphatic heterocycles. The molecule has 0 bridgehead atoms. The van der Waals surface area contributed by atoms with Crippen molar-refractivity contribution in [3.8, 4) is 0 Å². The first kappa shape index (κ1) is 13.0. The van der Waals surface area contributed by atoms with Gasteiger partial charge in [0.25, 0.3) is 0 Å². The molecule has 0 aromatic heterocycles. The second-order valence-corrected chi connectivity index (χ2v) is 5.29. The first-order valence-electron chi connectivity index (χ1n) is 7.47. The summed E-state index contributed by atoms with van der Waals surface area (Å²) in [6.07, 6.45) is 3.69. The third-order valence-electron chi connectivity index (χ3n) is 3.77. The zero-order valence-electron chi connectivity index (χ0n) is 12.0. The van der Waals surface area contributed by atoms with E-state index in [4.69, 9.17) is 5.32 Å². The van der Waals surface area contributed by atoms with Crippen LogP contribution in [0, 0.1) is 0 Å². The highest BCUT2D eigenvalue weighted by Crippen LogP contribution is 2.28. The fourth-order valence-corrected chi connectivity index (χ4v) is 2.65. The van der Waals surface area contributed by atoms with Crippen molar-refractivity contribution in [2.75, 3.05) is 6.54 Å². The molecular weight excluding hydrogens is 242 g/mol. The average Bonchev–Trinajstić information content (AvgIpc) is 2.50. The van der Waals surface area contributed by atoms with Gasteiger partial charge in [0.1, 0.15) is 0 Å². The van der Waals surface area contributed by atoms with Gasteiger partial charge in [-0.15, -0.1) is 0 Å². The van der Waals surface area contributed by atoms with Crippen LogP contribution in [0.4, 0.5) is 5.69 Å². The third kappa shape index (κ3) is 2.62. The van der Waals surface area contributed by atoms with Crippen molar-refractivity contribution in [3.05, 3.63) is 54.6 Å². The number of unbranched alkanes of at least 4 members (excludes halogenated alkanes) is 2. The Kier molecular flexibility index (Phi) is 3.87. The second-order valence-electron chi connectivity index (χ2n) is 5.29. The predicted octanol–water partition coefficient (Wildman–Crippen LogP) is 5.42. The lowest BCUT2D eigenvalue weighted by atomic mass is 10.0. The third-order valence-corrected chi connectivity index (χ3v) is 3.77. The highest BCUT2D eigenvalue weighted by Gasteiger charge is 2.03. The first-order chi connectivity index (χ1) is 9.88. The van der Waals surface area contributed by atoms with Crippen LogP contribution in [0.2, 0.25) is 0 Å². The van der Waals surface area contributed by atoms with Crippen LogP contribution >= 0.6 is 0 Å². The summed E-state index contributed by atoms with van der Waals surface area (Å²) >= 11 is 0. The Hall–Kier alpha value is -2.02. The Morgan fingerprint density at radius 1 is 0.800 bits per heavy atom. The van der Waals surface area contributed by atoms with Crippen molar-refractivity contribution in [3.63, 3.8) is 0 Å². The molecule has 0 heterocycles. The quantitative estimate of drug-likeness (QED) is 0.430. The van der Waals surface area contributed by atoms with E-state index in [1.54, 1.807) is 0 Å². The molecule has 1 nitrogen and oxygen atoms in total. The molecule has 0 saturated heterocycles. The van der Waals surface area contributed by atoms with Gasteiger partial charge in [0.15, 0.2) is 0 Å². The summed E-state index contributed by atoms with van der Waals surface area (Å²) < 4.78 is 0. The van der Waals surface area contributed by atoms with Gasteiger partial charge >= 0.3 is 0 Å². The lowest BCUT2D eigenvalue weighted by Crippen LogP contribution is -2.00. The Bertz CT molecular complexity index is 715. The maximum absolute atomic E-state index is 4.78. The number of rotatable bonds is 5. The van der Waals surface area contributed by atoms with E-state index in [0.717, 1.165) is 12.2 Å². The number of fused-ring (bicyclic) bond motifs is 2. The molecule has 3 aromatic rings.